The molecule has 1 N–H and O–H groups in total. The van der Waals surface area contributed by atoms with Gasteiger partial charge >= 0.3 is 0 Å². The zero-order valence-corrected chi connectivity index (χ0v) is 9.73. The molecule has 0 aliphatic carbocycles. The van der Waals surface area contributed by atoms with Crippen LogP contribution in [-0.4, -0.2) is 16.1 Å². The van der Waals surface area contributed by atoms with E-state index in [0.717, 1.165) is 37.0 Å². The first-order valence-corrected chi connectivity index (χ1v) is 5.55. The van der Waals surface area contributed by atoms with Crippen LogP contribution >= 0.6 is 0 Å². The van der Waals surface area contributed by atoms with Gasteiger partial charge in [-0.2, -0.15) is 0 Å². The van der Waals surface area contributed by atoms with Crippen LogP contribution < -0.4 is 5.32 Å². The maximum Gasteiger partial charge on any atom is 0.123 e. The second-order valence-electron chi connectivity index (χ2n) is 3.75. The van der Waals surface area contributed by atoms with Crippen LogP contribution in [0.5, 0.6) is 0 Å². The first kappa shape index (κ1) is 11.0. The monoisotopic (exact) mass is 219 g/mol. The van der Waals surface area contributed by atoms with E-state index >= 15 is 0 Å². The van der Waals surface area contributed by atoms with E-state index in [1.54, 1.807) is 6.20 Å². The molecule has 0 unspecified atom stereocenters. The summed E-state index contributed by atoms with van der Waals surface area (Å²) in [6.07, 6.45) is 3.76. The summed E-state index contributed by atoms with van der Waals surface area (Å²) in [5.74, 6) is 2.95. The molecule has 0 saturated heterocycles. The number of imidazole rings is 1. The fraction of sp³-hybridized carbons (Fsp3) is 0.417. The molecule has 2 aromatic rings. The molecule has 2 rings (SSSR count). The van der Waals surface area contributed by atoms with Crippen LogP contribution in [0.2, 0.25) is 0 Å². The summed E-state index contributed by atoms with van der Waals surface area (Å²) in [6, 6.07) is 4.04. The molecule has 0 aliphatic heterocycles. The smallest absolute Gasteiger partial charge is 0.123 e. The van der Waals surface area contributed by atoms with Crippen molar-refractivity contribution in [2.45, 2.75) is 26.9 Å². The molecule has 0 aromatic carbocycles. The third-order valence-electron chi connectivity index (χ3n) is 2.52. The van der Waals surface area contributed by atoms with Gasteiger partial charge < -0.3 is 14.3 Å². The Kier molecular flexibility index (Phi) is 3.41. The van der Waals surface area contributed by atoms with Crippen LogP contribution in [0.1, 0.15) is 24.3 Å². The van der Waals surface area contributed by atoms with Crippen molar-refractivity contribution in [3.8, 4) is 0 Å². The van der Waals surface area contributed by atoms with Gasteiger partial charge in [-0.25, -0.2) is 4.98 Å². The Balaban J connectivity index is 2.00. The number of aromatic nitrogens is 2. The summed E-state index contributed by atoms with van der Waals surface area (Å²) in [5.41, 5.74) is 0. The third kappa shape index (κ3) is 2.52. The van der Waals surface area contributed by atoms with Crippen molar-refractivity contribution in [3.05, 3.63) is 41.9 Å². The van der Waals surface area contributed by atoms with Crippen LogP contribution in [0.3, 0.4) is 0 Å². The fourth-order valence-electron chi connectivity index (χ4n) is 1.59. The Hall–Kier alpha value is -1.55. The van der Waals surface area contributed by atoms with Gasteiger partial charge in [0, 0.05) is 12.4 Å². The van der Waals surface area contributed by atoms with Gasteiger partial charge in [0.2, 0.25) is 0 Å². The summed E-state index contributed by atoms with van der Waals surface area (Å²) in [6.45, 7) is 6.56. The Morgan fingerprint density at radius 3 is 2.88 bits per heavy atom. The molecule has 2 aromatic heterocycles. The highest BCUT2D eigenvalue weighted by molar-refractivity contribution is 5.08. The summed E-state index contributed by atoms with van der Waals surface area (Å²) >= 11 is 0. The van der Waals surface area contributed by atoms with E-state index in [0.29, 0.717) is 0 Å². The number of nitrogens with zero attached hydrogens (tertiary/aromatic N) is 2. The van der Waals surface area contributed by atoms with Gasteiger partial charge in [0.15, 0.2) is 0 Å². The molecular weight excluding hydrogens is 202 g/mol. The zero-order valence-electron chi connectivity index (χ0n) is 9.73. The second-order valence-corrected chi connectivity index (χ2v) is 3.75. The molecule has 86 valence electrons. The summed E-state index contributed by atoms with van der Waals surface area (Å²) < 4.78 is 7.77. The summed E-state index contributed by atoms with van der Waals surface area (Å²) in [4.78, 5) is 4.18. The molecule has 4 heteroatoms. The van der Waals surface area contributed by atoms with Crippen molar-refractivity contribution in [3.63, 3.8) is 0 Å². The fourth-order valence-corrected chi connectivity index (χ4v) is 1.59. The van der Waals surface area contributed by atoms with Crippen LogP contribution in [0, 0.1) is 6.92 Å². The van der Waals surface area contributed by atoms with Crippen LogP contribution in [0.4, 0.5) is 0 Å². The minimum Gasteiger partial charge on any atom is -0.463 e. The predicted molar refractivity (Wildman–Crippen MR) is 62.2 cm³/mol. The maximum atomic E-state index is 5.70. The molecule has 4 nitrogen and oxygen atoms in total. The molecule has 0 radical (unpaired) electrons. The molecule has 0 atom stereocenters. The van der Waals surface area contributed by atoms with Gasteiger partial charge in [0.05, 0.1) is 13.1 Å². The van der Waals surface area contributed by atoms with Gasteiger partial charge in [0.25, 0.3) is 0 Å². The predicted octanol–water partition coefficient (Wildman–Crippen LogP) is 1.94. The lowest BCUT2D eigenvalue weighted by molar-refractivity contribution is 0.438. The minimum atomic E-state index is 0.748. The standard InChI is InChI=1S/C12H17N3O/c1-3-13-8-11-4-5-12(16-11)9-15-7-6-14-10(15)2/h4-7,13H,3,8-9H2,1-2H3. The minimum absolute atomic E-state index is 0.748. The number of hydrogen-bond donors (Lipinski definition) is 1. The molecule has 0 amide bonds. The van der Waals surface area contributed by atoms with Gasteiger partial charge in [-0.05, 0) is 25.6 Å². The SMILES string of the molecule is CCNCc1ccc(Cn2ccnc2C)o1. The molecule has 0 bridgehead atoms. The Labute approximate surface area is 95.3 Å². The second kappa shape index (κ2) is 4.99. The molecule has 0 saturated carbocycles. The highest BCUT2D eigenvalue weighted by Gasteiger charge is 2.03. The lowest BCUT2D eigenvalue weighted by Crippen LogP contribution is -2.10. The van der Waals surface area contributed by atoms with Crippen molar-refractivity contribution in [2.24, 2.45) is 0 Å². The topological polar surface area (TPSA) is 43.0 Å². The van der Waals surface area contributed by atoms with E-state index in [-0.39, 0.29) is 0 Å². The third-order valence-corrected chi connectivity index (χ3v) is 2.52. The Morgan fingerprint density at radius 1 is 1.38 bits per heavy atom. The quantitative estimate of drug-likeness (QED) is 0.835. The highest BCUT2D eigenvalue weighted by atomic mass is 16.3. The van der Waals surface area contributed by atoms with Crippen molar-refractivity contribution in [1.29, 1.82) is 0 Å². The van der Waals surface area contributed by atoms with Crippen molar-refractivity contribution >= 4 is 0 Å². The van der Waals surface area contributed by atoms with Crippen molar-refractivity contribution in [1.82, 2.24) is 14.9 Å². The normalized spacial score (nSPS) is 10.9. The first-order valence-electron chi connectivity index (χ1n) is 5.55. The van der Waals surface area contributed by atoms with E-state index in [2.05, 4.69) is 21.8 Å². The molecule has 0 fully saturated rings. The average Bonchev–Trinajstić information content (AvgIpc) is 2.87. The number of hydrogen-bond acceptors (Lipinski definition) is 3. The van der Waals surface area contributed by atoms with Crippen LogP contribution in [0.15, 0.2) is 28.9 Å². The number of aryl methyl sites for hydroxylation is 1. The first-order chi connectivity index (χ1) is 7.79. The highest BCUT2D eigenvalue weighted by Crippen LogP contribution is 2.10. The van der Waals surface area contributed by atoms with Gasteiger partial charge in [-0.1, -0.05) is 6.92 Å². The Morgan fingerprint density at radius 2 is 2.19 bits per heavy atom. The van der Waals surface area contributed by atoms with Gasteiger partial charge in [-0.15, -0.1) is 0 Å². The van der Waals surface area contributed by atoms with E-state index < -0.39 is 0 Å². The van der Waals surface area contributed by atoms with E-state index in [1.165, 1.54) is 0 Å². The molecule has 16 heavy (non-hydrogen) atoms. The number of nitrogens with one attached hydrogen (secondary N) is 1. The van der Waals surface area contributed by atoms with Crippen molar-refractivity contribution in [2.75, 3.05) is 6.54 Å². The van der Waals surface area contributed by atoms with Gasteiger partial charge in [-0.3, -0.25) is 0 Å². The number of rotatable bonds is 5. The Bertz CT molecular complexity index is 445. The summed E-state index contributed by atoms with van der Waals surface area (Å²) in [5, 5.41) is 3.24. The van der Waals surface area contributed by atoms with E-state index in [9.17, 15) is 0 Å². The van der Waals surface area contributed by atoms with Crippen LogP contribution in [0.25, 0.3) is 0 Å². The average molecular weight is 219 g/mol. The lowest BCUT2D eigenvalue weighted by atomic mass is 10.4. The lowest BCUT2D eigenvalue weighted by Gasteiger charge is -2.01. The largest absolute Gasteiger partial charge is 0.463 e. The summed E-state index contributed by atoms with van der Waals surface area (Å²) in [7, 11) is 0. The van der Waals surface area contributed by atoms with Gasteiger partial charge in [0.1, 0.15) is 17.3 Å². The molecule has 0 aliphatic rings. The molecular formula is C12H17N3O. The molecule has 0 spiro atoms. The molecule has 2 heterocycles. The number of furan rings is 1. The maximum absolute atomic E-state index is 5.70. The van der Waals surface area contributed by atoms with E-state index in [1.807, 2.05) is 25.3 Å². The van der Waals surface area contributed by atoms with Crippen LogP contribution in [-0.2, 0) is 13.1 Å². The van der Waals surface area contributed by atoms with E-state index in [4.69, 9.17) is 4.42 Å². The zero-order chi connectivity index (χ0) is 11.4. The van der Waals surface area contributed by atoms with Crippen molar-refractivity contribution < 1.29 is 4.42 Å².